The van der Waals surface area contributed by atoms with Crippen molar-refractivity contribution in [2.75, 3.05) is 44.6 Å². The number of aromatic nitrogens is 3. The van der Waals surface area contributed by atoms with Crippen LogP contribution in [0.2, 0.25) is 0 Å². The number of hydrogen-bond donors (Lipinski definition) is 4. The first-order valence-corrected chi connectivity index (χ1v) is 14.3. The number of hydrogen-bond acceptors (Lipinski definition) is 8. The van der Waals surface area contributed by atoms with Crippen LogP contribution in [-0.2, 0) is 0 Å². The molecule has 0 saturated carbocycles. The van der Waals surface area contributed by atoms with Crippen LogP contribution in [0.25, 0.3) is 16.9 Å². The van der Waals surface area contributed by atoms with E-state index >= 15 is 0 Å². The summed E-state index contributed by atoms with van der Waals surface area (Å²) in [5.41, 5.74) is 4.15. The first-order valence-electron chi connectivity index (χ1n) is 14.3. The van der Waals surface area contributed by atoms with Gasteiger partial charge >= 0.3 is 12.6 Å². The van der Waals surface area contributed by atoms with Crippen LogP contribution in [0.3, 0.4) is 0 Å². The molecule has 2 aliphatic heterocycles. The van der Waals surface area contributed by atoms with Crippen molar-refractivity contribution >= 4 is 41.5 Å². The monoisotopic (exact) mass is 642 g/mol. The Balaban J connectivity index is 0.00000400. The number of nitrogens with one attached hydrogen (secondary N) is 3. The Morgan fingerprint density at radius 3 is 2.44 bits per heavy atom. The lowest BCUT2D eigenvalue weighted by atomic mass is 10.1. The Bertz CT molecular complexity index is 1660. The number of fused-ring (bicyclic) bond motifs is 1. The summed E-state index contributed by atoms with van der Waals surface area (Å²) < 4.78 is 31.3. The molecule has 0 radical (unpaired) electrons. The molecule has 4 N–H and O–H groups in total. The largest absolute Gasteiger partial charge is 0.435 e. The van der Waals surface area contributed by atoms with E-state index in [0.29, 0.717) is 56.3 Å². The number of carbonyl (C=O) groups excluding carboxylic acids is 2. The van der Waals surface area contributed by atoms with E-state index in [1.165, 1.54) is 12.1 Å². The van der Waals surface area contributed by atoms with Gasteiger partial charge in [-0.05, 0) is 55.0 Å². The molecule has 3 amide bonds. The number of piperazine rings is 1. The lowest BCUT2D eigenvalue weighted by Gasteiger charge is -2.35. The predicted octanol–water partition coefficient (Wildman–Crippen LogP) is 3.27. The van der Waals surface area contributed by atoms with E-state index in [1.807, 2.05) is 23.5 Å². The zero-order valence-corrected chi connectivity index (χ0v) is 25.1. The van der Waals surface area contributed by atoms with E-state index in [9.17, 15) is 23.5 Å². The molecule has 45 heavy (non-hydrogen) atoms. The third-order valence-corrected chi connectivity index (χ3v) is 7.87. The van der Waals surface area contributed by atoms with Crippen molar-refractivity contribution in [3.05, 3.63) is 72.2 Å². The molecule has 0 bridgehead atoms. The molecular weight excluding hydrogens is 610 g/mol. The number of rotatable bonds is 7. The second kappa shape index (κ2) is 13.6. The van der Waals surface area contributed by atoms with Crippen molar-refractivity contribution in [2.24, 2.45) is 0 Å². The fourth-order valence-corrected chi connectivity index (χ4v) is 5.49. The summed E-state index contributed by atoms with van der Waals surface area (Å²) in [6.07, 6.45) is 4.46. The summed E-state index contributed by atoms with van der Waals surface area (Å²) in [7, 11) is 0. The summed E-state index contributed by atoms with van der Waals surface area (Å²) in [5.74, 6) is 0.473. The first kappa shape index (κ1) is 31.9. The molecule has 2 aromatic heterocycles. The van der Waals surface area contributed by atoms with Gasteiger partial charge in [-0.2, -0.15) is 8.78 Å². The van der Waals surface area contributed by atoms with Gasteiger partial charge in [-0.15, -0.1) is 12.4 Å². The Labute approximate surface area is 263 Å². The number of halogens is 3. The molecule has 0 aliphatic carbocycles. The highest BCUT2D eigenvalue weighted by molar-refractivity contribution is 5.96. The van der Waals surface area contributed by atoms with Gasteiger partial charge in [0.05, 0.1) is 24.0 Å². The maximum atomic E-state index is 13.3. The molecule has 0 unspecified atom stereocenters. The molecular formula is C30H33ClF2N8O4. The lowest BCUT2D eigenvalue weighted by Crippen LogP contribution is -2.56. The van der Waals surface area contributed by atoms with Gasteiger partial charge in [0, 0.05) is 68.5 Å². The number of nitrogens with zero attached hydrogens (tertiary/aromatic N) is 5. The van der Waals surface area contributed by atoms with Gasteiger partial charge < -0.3 is 35.6 Å². The Hall–Kier alpha value is -4.53. The molecule has 4 aromatic rings. The van der Waals surface area contributed by atoms with Crippen LogP contribution < -0.4 is 20.7 Å². The molecule has 12 nitrogen and oxygen atoms in total. The van der Waals surface area contributed by atoms with Crippen LogP contribution in [0.1, 0.15) is 15.9 Å². The van der Waals surface area contributed by atoms with Gasteiger partial charge in [0.2, 0.25) is 0 Å². The molecule has 238 valence electrons. The van der Waals surface area contributed by atoms with Gasteiger partial charge in [0.1, 0.15) is 5.75 Å². The van der Waals surface area contributed by atoms with Crippen LogP contribution in [0.5, 0.6) is 5.75 Å². The third-order valence-electron chi connectivity index (χ3n) is 7.87. The number of imidazole rings is 1. The second-order valence-corrected chi connectivity index (χ2v) is 10.7. The Morgan fingerprint density at radius 2 is 1.78 bits per heavy atom. The van der Waals surface area contributed by atoms with Crippen molar-refractivity contribution in [1.29, 1.82) is 0 Å². The zero-order chi connectivity index (χ0) is 30.8. The number of amides is 3. The average Bonchev–Trinajstić information content (AvgIpc) is 3.63. The minimum Gasteiger partial charge on any atom is -0.435 e. The van der Waals surface area contributed by atoms with Crippen LogP contribution in [0.15, 0.2) is 61.1 Å². The van der Waals surface area contributed by atoms with Crippen molar-refractivity contribution in [1.82, 2.24) is 34.8 Å². The second-order valence-electron chi connectivity index (χ2n) is 10.7. The number of β-amino-alcohol motifs (C(OH)–C–C–N with tert-alkyl or cyclic N) is 1. The Morgan fingerprint density at radius 1 is 1.04 bits per heavy atom. The fraction of sp³-hybridized carbons (Fsp3) is 0.333. The number of anilines is 2. The van der Waals surface area contributed by atoms with E-state index < -0.39 is 12.7 Å². The summed E-state index contributed by atoms with van der Waals surface area (Å²) in [6.45, 7) is 1.59. The summed E-state index contributed by atoms with van der Waals surface area (Å²) in [6, 6.07) is 11.2. The molecule has 15 heteroatoms. The van der Waals surface area contributed by atoms with Crippen molar-refractivity contribution in [2.45, 2.75) is 25.7 Å². The number of urea groups is 1. The van der Waals surface area contributed by atoms with Gasteiger partial charge in [-0.25, -0.2) is 14.8 Å². The van der Waals surface area contributed by atoms with Crippen molar-refractivity contribution < 1.29 is 28.2 Å². The highest BCUT2D eigenvalue weighted by Gasteiger charge is 2.30. The SMILES string of the molecule is Cc1cc(Nc2nccn3c(-c4ccc(OC(F)F)cc4)cnc23)ccc1C(=O)N1CCN(C(=O)N[C@@H]2CNC[C@H]2O)CC1.Cl. The molecule has 2 atom stereocenters. The number of carbonyl (C=O) groups is 2. The minimum atomic E-state index is -2.89. The maximum absolute atomic E-state index is 13.3. The van der Waals surface area contributed by atoms with E-state index in [1.54, 1.807) is 46.6 Å². The molecule has 2 aliphatic rings. The number of benzene rings is 2. The number of aliphatic hydroxyl groups is 1. The van der Waals surface area contributed by atoms with Gasteiger partial charge in [-0.1, -0.05) is 0 Å². The summed E-state index contributed by atoms with van der Waals surface area (Å²) >= 11 is 0. The number of ether oxygens (including phenoxy) is 1. The Kier molecular flexibility index (Phi) is 9.65. The molecule has 2 aromatic carbocycles. The number of aliphatic hydroxyl groups excluding tert-OH is 1. The molecule has 2 fully saturated rings. The van der Waals surface area contributed by atoms with Crippen molar-refractivity contribution in [3.8, 4) is 17.0 Å². The first-order chi connectivity index (χ1) is 21.3. The fourth-order valence-electron chi connectivity index (χ4n) is 5.49. The highest BCUT2D eigenvalue weighted by Crippen LogP contribution is 2.28. The summed E-state index contributed by atoms with van der Waals surface area (Å²) in [5, 5.41) is 19.1. The normalized spacial score (nSPS) is 18.2. The zero-order valence-electron chi connectivity index (χ0n) is 24.3. The smallest absolute Gasteiger partial charge is 0.387 e. The molecule has 6 rings (SSSR count). The van der Waals surface area contributed by atoms with E-state index in [4.69, 9.17) is 0 Å². The van der Waals surface area contributed by atoms with E-state index in [0.717, 1.165) is 22.5 Å². The van der Waals surface area contributed by atoms with Gasteiger partial charge in [0.15, 0.2) is 11.5 Å². The number of aryl methyl sites for hydroxylation is 1. The minimum absolute atomic E-state index is 0. The third kappa shape index (κ3) is 6.92. The van der Waals surface area contributed by atoms with E-state index in [2.05, 4.69) is 30.7 Å². The number of alkyl halides is 2. The standard InChI is InChI=1S/C30H32F2N8O4.ClH/c1-18-14-20(4-7-22(18)28(42)38-10-12-39(13-11-38)30(43)37-23-15-33-17-25(23)41)36-26-27-35-16-24(40(27)9-8-34-26)19-2-5-21(6-3-19)44-29(31)32;/h2-9,14,16,23,25,29,33,41H,10-13,15,17H2,1H3,(H,34,36)(H,37,43);1H/t23-,25-;/m1./s1. The predicted molar refractivity (Wildman–Crippen MR) is 165 cm³/mol. The molecule has 0 spiro atoms. The lowest BCUT2D eigenvalue weighted by molar-refractivity contribution is -0.0498. The maximum Gasteiger partial charge on any atom is 0.387 e. The molecule has 4 heterocycles. The quantitative estimate of drug-likeness (QED) is 0.241. The van der Waals surface area contributed by atoms with Gasteiger partial charge in [0.25, 0.3) is 5.91 Å². The summed E-state index contributed by atoms with van der Waals surface area (Å²) in [4.78, 5) is 38.3. The molecule has 2 saturated heterocycles. The van der Waals surface area contributed by atoms with Crippen LogP contribution in [0, 0.1) is 6.92 Å². The average molecular weight is 643 g/mol. The highest BCUT2D eigenvalue weighted by atomic mass is 35.5. The van der Waals surface area contributed by atoms with Crippen molar-refractivity contribution in [3.63, 3.8) is 0 Å². The van der Waals surface area contributed by atoms with Crippen LogP contribution in [0.4, 0.5) is 25.1 Å². The van der Waals surface area contributed by atoms with Gasteiger partial charge in [-0.3, -0.25) is 9.20 Å². The van der Waals surface area contributed by atoms with Crippen LogP contribution >= 0.6 is 12.4 Å². The topological polar surface area (TPSA) is 136 Å². The van der Waals surface area contributed by atoms with E-state index in [-0.39, 0.29) is 36.1 Å². The van der Waals surface area contributed by atoms with Crippen LogP contribution in [-0.4, -0.2) is 99.2 Å².